The lowest BCUT2D eigenvalue weighted by Gasteiger charge is -2.15. The molecular formula is C20H28N4O2S. The van der Waals surface area contributed by atoms with E-state index in [0.717, 1.165) is 17.9 Å². The third-order valence-corrected chi connectivity index (χ3v) is 5.46. The van der Waals surface area contributed by atoms with Gasteiger partial charge in [-0.25, -0.2) is 0 Å². The molecule has 7 heteroatoms. The maximum Gasteiger partial charge on any atom is 0.217 e. The molecule has 146 valence electrons. The summed E-state index contributed by atoms with van der Waals surface area (Å²) in [4.78, 5) is 23.9. The molecule has 1 aromatic heterocycles. The lowest BCUT2D eigenvalue weighted by molar-refractivity contribution is -0.118. The highest BCUT2D eigenvalue weighted by atomic mass is 32.2. The highest BCUT2D eigenvalue weighted by Crippen LogP contribution is 2.26. The van der Waals surface area contributed by atoms with Gasteiger partial charge in [0.05, 0.1) is 5.25 Å². The number of carbonyl (C=O) groups excluding carboxylic acids is 2. The van der Waals surface area contributed by atoms with Crippen LogP contribution in [0.4, 0.5) is 0 Å². The van der Waals surface area contributed by atoms with Crippen molar-refractivity contribution < 1.29 is 9.59 Å². The number of carbonyl (C=O) groups is 2. The summed E-state index contributed by atoms with van der Waals surface area (Å²) in [6.07, 6.45) is 0.688. The Bertz CT molecular complexity index is 829. The molecule has 1 atom stereocenters. The van der Waals surface area contributed by atoms with Crippen LogP contribution in [0.2, 0.25) is 0 Å². The minimum Gasteiger partial charge on any atom is -0.370 e. The fourth-order valence-corrected chi connectivity index (χ4v) is 3.67. The van der Waals surface area contributed by atoms with Gasteiger partial charge >= 0.3 is 0 Å². The quantitative estimate of drug-likeness (QED) is 0.525. The van der Waals surface area contributed by atoms with Crippen LogP contribution in [0.1, 0.15) is 54.5 Å². The van der Waals surface area contributed by atoms with Crippen molar-refractivity contribution in [2.24, 2.45) is 11.7 Å². The van der Waals surface area contributed by atoms with E-state index < -0.39 is 0 Å². The monoisotopic (exact) mass is 388 g/mol. The number of aromatic nitrogens is 3. The van der Waals surface area contributed by atoms with Gasteiger partial charge in [0.2, 0.25) is 5.91 Å². The molecule has 0 aliphatic heterocycles. The number of hydrogen-bond acceptors (Lipinski definition) is 5. The summed E-state index contributed by atoms with van der Waals surface area (Å²) in [7, 11) is 0. The van der Waals surface area contributed by atoms with Crippen molar-refractivity contribution in [3.05, 3.63) is 40.7 Å². The van der Waals surface area contributed by atoms with Gasteiger partial charge in [0.15, 0.2) is 10.9 Å². The van der Waals surface area contributed by atoms with Gasteiger partial charge in [0.1, 0.15) is 5.82 Å². The van der Waals surface area contributed by atoms with Gasteiger partial charge in [-0.05, 0) is 43.9 Å². The molecule has 1 heterocycles. The van der Waals surface area contributed by atoms with E-state index in [1.54, 1.807) is 0 Å². The van der Waals surface area contributed by atoms with E-state index in [9.17, 15) is 9.59 Å². The molecule has 0 saturated heterocycles. The van der Waals surface area contributed by atoms with Crippen LogP contribution >= 0.6 is 11.8 Å². The van der Waals surface area contributed by atoms with Crippen LogP contribution in [0.3, 0.4) is 0 Å². The van der Waals surface area contributed by atoms with Gasteiger partial charge in [0.25, 0.3) is 0 Å². The normalized spacial score (nSPS) is 12.4. The van der Waals surface area contributed by atoms with Crippen molar-refractivity contribution in [2.75, 3.05) is 0 Å². The summed E-state index contributed by atoms with van der Waals surface area (Å²) in [5.41, 5.74) is 8.25. The molecule has 27 heavy (non-hydrogen) atoms. The average Bonchev–Trinajstić information content (AvgIpc) is 2.95. The number of amides is 1. The SMILES string of the molecule is Cc1ccc(C(=O)C(C)Sc2nnc(CCC(N)=O)n2CC(C)C)cc1C. The molecular weight excluding hydrogens is 360 g/mol. The molecule has 0 saturated carbocycles. The maximum atomic E-state index is 12.8. The number of rotatable bonds is 9. The third kappa shape index (κ3) is 5.66. The topological polar surface area (TPSA) is 90.9 Å². The molecule has 0 spiro atoms. The van der Waals surface area contributed by atoms with E-state index in [2.05, 4.69) is 24.0 Å². The number of ketones is 1. The van der Waals surface area contributed by atoms with Crippen LogP contribution in [0.15, 0.2) is 23.4 Å². The summed E-state index contributed by atoms with van der Waals surface area (Å²) in [5, 5.41) is 8.91. The number of nitrogens with zero attached hydrogens (tertiary/aromatic N) is 3. The second kappa shape index (κ2) is 9.17. The number of hydrogen-bond donors (Lipinski definition) is 1. The zero-order valence-electron chi connectivity index (χ0n) is 16.7. The van der Waals surface area contributed by atoms with E-state index >= 15 is 0 Å². The summed E-state index contributed by atoms with van der Waals surface area (Å²) in [6, 6.07) is 5.79. The van der Waals surface area contributed by atoms with Gasteiger partial charge in [-0.1, -0.05) is 37.7 Å². The van der Waals surface area contributed by atoms with Crippen LogP contribution in [0.25, 0.3) is 0 Å². The van der Waals surface area contributed by atoms with E-state index in [1.807, 2.05) is 43.5 Å². The van der Waals surface area contributed by atoms with Crippen molar-refractivity contribution >= 4 is 23.5 Å². The third-order valence-electron chi connectivity index (χ3n) is 4.38. The molecule has 0 bridgehead atoms. The number of aryl methyl sites for hydroxylation is 3. The number of Topliss-reactive ketones (excluding diaryl/α,β-unsaturated/α-hetero) is 1. The first-order valence-corrected chi connectivity index (χ1v) is 10.1. The standard InChI is InChI=1S/C20H28N4O2S/c1-12(2)11-24-18(9-8-17(21)25)22-23-20(24)27-15(5)19(26)16-7-6-13(3)14(4)10-16/h6-7,10,12,15H,8-9,11H2,1-5H3,(H2,21,25). The fourth-order valence-electron chi connectivity index (χ4n) is 2.72. The molecule has 0 aliphatic carbocycles. The summed E-state index contributed by atoms with van der Waals surface area (Å²) in [6.45, 7) is 10.9. The van der Waals surface area contributed by atoms with Gasteiger partial charge < -0.3 is 10.3 Å². The van der Waals surface area contributed by atoms with Gasteiger partial charge in [0, 0.05) is 24.9 Å². The maximum absolute atomic E-state index is 12.8. The Morgan fingerprint density at radius 1 is 1.15 bits per heavy atom. The Hall–Kier alpha value is -2.15. The van der Waals surface area contributed by atoms with Crippen LogP contribution in [0, 0.1) is 19.8 Å². The van der Waals surface area contributed by atoms with Crippen molar-refractivity contribution in [3.8, 4) is 0 Å². The number of benzene rings is 1. The molecule has 2 N–H and O–H groups in total. The van der Waals surface area contributed by atoms with Gasteiger partial charge in [-0.3, -0.25) is 9.59 Å². The van der Waals surface area contributed by atoms with Crippen LogP contribution in [-0.4, -0.2) is 31.7 Å². The first-order chi connectivity index (χ1) is 12.7. The summed E-state index contributed by atoms with van der Waals surface area (Å²) >= 11 is 1.40. The summed E-state index contributed by atoms with van der Waals surface area (Å²) < 4.78 is 2.00. The molecule has 1 amide bonds. The van der Waals surface area contributed by atoms with E-state index in [-0.39, 0.29) is 23.4 Å². The Kier molecular flexibility index (Phi) is 7.18. The zero-order valence-corrected chi connectivity index (χ0v) is 17.5. The Morgan fingerprint density at radius 3 is 2.44 bits per heavy atom. The predicted octanol–water partition coefficient (Wildman–Crippen LogP) is 3.33. The number of thioether (sulfide) groups is 1. The fraction of sp³-hybridized carbons (Fsp3) is 0.500. The van der Waals surface area contributed by atoms with Crippen molar-refractivity contribution in [1.82, 2.24) is 14.8 Å². The second-order valence-electron chi connectivity index (χ2n) is 7.29. The largest absolute Gasteiger partial charge is 0.370 e. The van der Waals surface area contributed by atoms with E-state index in [1.165, 1.54) is 17.3 Å². The first kappa shape index (κ1) is 21.2. The average molecular weight is 389 g/mol. The predicted molar refractivity (Wildman–Crippen MR) is 108 cm³/mol. The Morgan fingerprint density at radius 2 is 1.85 bits per heavy atom. The highest BCUT2D eigenvalue weighted by molar-refractivity contribution is 8.00. The van der Waals surface area contributed by atoms with E-state index in [0.29, 0.717) is 23.1 Å². The lowest BCUT2D eigenvalue weighted by Crippen LogP contribution is -2.17. The van der Waals surface area contributed by atoms with E-state index in [4.69, 9.17) is 5.73 Å². The minimum absolute atomic E-state index is 0.0703. The molecule has 2 rings (SSSR count). The highest BCUT2D eigenvalue weighted by Gasteiger charge is 2.22. The molecule has 2 aromatic rings. The molecule has 1 unspecified atom stereocenters. The molecule has 0 aliphatic rings. The molecule has 0 radical (unpaired) electrons. The zero-order chi connectivity index (χ0) is 20.1. The van der Waals surface area contributed by atoms with Gasteiger partial charge in [-0.15, -0.1) is 10.2 Å². The van der Waals surface area contributed by atoms with Crippen LogP contribution < -0.4 is 5.73 Å². The van der Waals surface area contributed by atoms with Crippen molar-refractivity contribution in [1.29, 1.82) is 0 Å². The molecule has 6 nitrogen and oxygen atoms in total. The second-order valence-corrected chi connectivity index (χ2v) is 8.60. The van der Waals surface area contributed by atoms with Crippen LogP contribution in [0.5, 0.6) is 0 Å². The Balaban J connectivity index is 2.20. The van der Waals surface area contributed by atoms with Crippen molar-refractivity contribution in [2.45, 2.75) is 64.4 Å². The first-order valence-electron chi connectivity index (χ1n) is 9.17. The molecule has 0 fully saturated rings. The lowest BCUT2D eigenvalue weighted by atomic mass is 10.0. The number of primary amides is 1. The van der Waals surface area contributed by atoms with Crippen molar-refractivity contribution in [3.63, 3.8) is 0 Å². The van der Waals surface area contributed by atoms with Crippen LogP contribution in [-0.2, 0) is 17.8 Å². The Labute approximate surface area is 164 Å². The minimum atomic E-state index is -0.360. The van der Waals surface area contributed by atoms with Gasteiger partial charge in [-0.2, -0.15) is 0 Å². The summed E-state index contributed by atoms with van der Waals surface area (Å²) in [5.74, 6) is 0.830. The number of nitrogens with two attached hydrogens (primary N) is 1. The smallest absolute Gasteiger partial charge is 0.217 e. The molecule has 1 aromatic carbocycles.